The molecule has 0 saturated carbocycles. The van der Waals surface area contributed by atoms with E-state index in [9.17, 15) is 5.11 Å². The Morgan fingerprint density at radius 2 is 1.79 bits per heavy atom. The molecule has 2 rings (SSSR count). The first-order valence-corrected chi connectivity index (χ1v) is 7.25. The summed E-state index contributed by atoms with van der Waals surface area (Å²) in [5, 5.41) is 10.3. The van der Waals surface area contributed by atoms with Gasteiger partial charge >= 0.3 is 0 Å². The molecule has 0 amide bonds. The minimum absolute atomic E-state index is 0.403. The second-order valence-corrected chi connectivity index (χ2v) is 5.60. The van der Waals surface area contributed by atoms with Gasteiger partial charge in [-0.05, 0) is 23.5 Å². The molecule has 0 aromatic heterocycles. The number of ether oxygens (including phenoxy) is 1. The van der Waals surface area contributed by atoms with Gasteiger partial charge in [0.05, 0.1) is 12.7 Å². The number of rotatable bonds is 4. The fraction of sp³-hybridized carbons (Fsp3) is 0.625. The highest BCUT2D eigenvalue weighted by Gasteiger charge is 2.15. The molecule has 3 nitrogen and oxygen atoms in total. The van der Waals surface area contributed by atoms with E-state index in [1.54, 1.807) is 0 Å². The highest BCUT2D eigenvalue weighted by atomic mass is 16.5. The predicted molar refractivity (Wildman–Crippen MR) is 77.4 cm³/mol. The third-order valence-electron chi connectivity index (χ3n) is 3.73. The van der Waals surface area contributed by atoms with Gasteiger partial charge in [-0.2, -0.15) is 0 Å². The van der Waals surface area contributed by atoms with Crippen molar-refractivity contribution in [2.75, 3.05) is 32.8 Å². The average Bonchev–Trinajstić information content (AvgIpc) is 2.67. The van der Waals surface area contributed by atoms with Crippen LogP contribution in [0.2, 0.25) is 0 Å². The fourth-order valence-electron chi connectivity index (χ4n) is 2.43. The molecule has 0 spiro atoms. The molecule has 0 radical (unpaired) electrons. The first-order valence-electron chi connectivity index (χ1n) is 7.25. The summed E-state index contributed by atoms with van der Waals surface area (Å²) in [6.07, 6.45) is 0.651. The maximum absolute atomic E-state index is 10.3. The first-order chi connectivity index (χ1) is 9.16. The number of hydrogen-bond donors (Lipinski definition) is 1. The molecule has 1 saturated heterocycles. The Hall–Kier alpha value is -0.900. The Bertz CT molecular complexity index is 367. The highest BCUT2D eigenvalue weighted by Crippen LogP contribution is 2.19. The molecule has 0 bridgehead atoms. The first kappa shape index (κ1) is 14.5. The van der Waals surface area contributed by atoms with Crippen molar-refractivity contribution in [1.29, 1.82) is 0 Å². The monoisotopic (exact) mass is 263 g/mol. The lowest BCUT2D eigenvalue weighted by atomic mass is 10.00. The van der Waals surface area contributed by atoms with Crippen LogP contribution in [0, 0.1) is 0 Å². The van der Waals surface area contributed by atoms with E-state index in [1.807, 2.05) is 12.1 Å². The average molecular weight is 263 g/mol. The molecule has 3 heteroatoms. The predicted octanol–water partition coefficient (Wildman–Crippen LogP) is 2.57. The van der Waals surface area contributed by atoms with Crippen molar-refractivity contribution in [3.05, 3.63) is 35.4 Å². The smallest absolute Gasteiger partial charge is 0.0916 e. The van der Waals surface area contributed by atoms with E-state index < -0.39 is 6.10 Å². The van der Waals surface area contributed by atoms with Gasteiger partial charge in [0.25, 0.3) is 0 Å². The SMILES string of the molecule is CC(C)c1ccc(C(O)CN2CCCOCC2)cc1. The van der Waals surface area contributed by atoms with Crippen LogP contribution in [0.5, 0.6) is 0 Å². The van der Waals surface area contributed by atoms with Crippen molar-refractivity contribution in [2.24, 2.45) is 0 Å². The van der Waals surface area contributed by atoms with Gasteiger partial charge in [0.2, 0.25) is 0 Å². The Kier molecular flexibility index (Phi) is 5.37. The lowest BCUT2D eigenvalue weighted by Crippen LogP contribution is -2.31. The maximum Gasteiger partial charge on any atom is 0.0916 e. The fourth-order valence-corrected chi connectivity index (χ4v) is 2.43. The lowest BCUT2D eigenvalue weighted by Gasteiger charge is -2.23. The highest BCUT2D eigenvalue weighted by molar-refractivity contribution is 5.26. The van der Waals surface area contributed by atoms with Crippen LogP contribution >= 0.6 is 0 Å². The minimum Gasteiger partial charge on any atom is -0.387 e. The second-order valence-electron chi connectivity index (χ2n) is 5.60. The molecular weight excluding hydrogens is 238 g/mol. The van der Waals surface area contributed by atoms with Crippen molar-refractivity contribution in [3.8, 4) is 0 Å². The normalized spacial score (nSPS) is 19.4. The second kappa shape index (κ2) is 7.04. The van der Waals surface area contributed by atoms with Gasteiger partial charge in [0.15, 0.2) is 0 Å². The largest absolute Gasteiger partial charge is 0.387 e. The van der Waals surface area contributed by atoms with Gasteiger partial charge in [-0.15, -0.1) is 0 Å². The number of benzene rings is 1. The van der Waals surface area contributed by atoms with Crippen LogP contribution in [0.1, 0.15) is 43.4 Å². The topological polar surface area (TPSA) is 32.7 Å². The van der Waals surface area contributed by atoms with Crippen molar-refractivity contribution >= 4 is 0 Å². The van der Waals surface area contributed by atoms with E-state index in [1.165, 1.54) is 5.56 Å². The van der Waals surface area contributed by atoms with Crippen LogP contribution < -0.4 is 0 Å². The molecule has 1 atom stereocenters. The van der Waals surface area contributed by atoms with Crippen molar-refractivity contribution in [3.63, 3.8) is 0 Å². The van der Waals surface area contributed by atoms with Crippen LogP contribution in [-0.4, -0.2) is 42.9 Å². The Morgan fingerprint density at radius 3 is 2.47 bits per heavy atom. The minimum atomic E-state index is -0.403. The molecule has 1 aliphatic heterocycles. The van der Waals surface area contributed by atoms with Crippen molar-refractivity contribution in [2.45, 2.75) is 32.3 Å². The van der Waals surface area contributed by atoms with Gasteiger partial charge in [-0.3, -0.25) is 4.90 Å². The molecule has 1 N–H and O–H groups in total. The zero-order valence-corrected chi connectivity index (χ0v) is 12.0. The van der Waals surface area contributed by atoms with Crippen molar-refractivity contribution in [1.82, 2.24) is 4.90 Å². The Morgan fingerprint density at radius 1 is 1.11 bits per heavy atom. The molecule has 1 aromatic rings. The summed E-state index contributed by atoms with van der Waals surface area (Å²) in [5.74, 6) is 0.536. The standard InChI is InChI=1S/C16H25NO2/c1-13(2)14-4-6-15(7-5-14)16(18)12-17-8-3-10-19-11-9-17/h4-7,13,16,18H,3,8-12H2,1-2H3. The van der Waals surface area contributed by atoms with E-state index in [2.05, 4.69) is 30.9 Å². The molecule has 1 aromatic carbocycles. The van der Waals surface area contributed by atoms with Crippen LogP contribution in [0.25, 0.3) is 0 Å². The maximum atomic E-state index is 10.3. The number of nitrogens with zero attached hydrogens (tertiary/aromatic N) is 1. The van der Waals surface area contributed by atoms with Crippen molar-refractivity contribution < 1.29 is 9.84 Å². The van der Waals surface area contributed by atoms with Gasteiger partial charge in [-0.1, -0.05) is 38.1 Å². The number of β-amino-alcohol motifs (C(OH)–C–C–N with tert-alkyl or cyclic N) is 1. The summed E-state index contributed by atoms with van der Waals surface area (Å²) in [5.41, 5.74) is 2.33. The number of aliphatic hydroxyl groups excluding tert-OH is 1. The van der Waals surface area contributed by atoms with Crippen LogP contribution in [0.3, 0.4) is 0 Å². The number of aliphatic hydroxyl groups is 1. The third-order valence-corrected chi connectivity index (χ3v) is 3.73. The molecule has 0 aliphatic carbocycles. The van der Waals surface area contributed by atoms with Gasteiger partial charge in [0, 0.05) is 26.2 Å². The Labute approximate surface area is 116 Å². The van der Waals surface area contributed by atoms with E-state index in [-0.39, 0.29) is 0 Å². The molecule has 1 aliphatic rings. The van der Waals surface area contributed by atoms with Gasteiger partial charge < -0.3 is 9.84 Å². The molecule has 1 fully saturated rings. The number of hydrogen-bond acceptors (Lipinski definition) is 3. The van der Waals surface area contributed by atoms with Gasteiger partial charge in [-0.25, -0.2) is 0 Å². The lowest BCUT2D eigenvalue weighted by molar-refractivity contribution is 0.103. The molecule has 19 heavy (non-hydrogen) atoms. The van der Waals surface area contributed by atoms with Crippen LogP contribution in [0.4, 0.5) is 0 Å². The van der Waals surface area contributed by atoms with Crippen LogP contribution in [0.15, 0.2) is 24.3 Å². The molecule has 1 unspecified atom stereocenters. The van der Waals surface area contributed by atoms with E-state index in [0.29, 0.717) is 12.5 Å². The van der Waals surface area contributed by atoms with E-state index >= 15 is 0 Å². The quantitative estimate of drug-likeness (QED) is 0.906. The van der Waals surface area contributed by atoms with Crippen LogP contribution in [-0.2, 0) is 4.74 Å². The summed E-state index contributed by atoms with van der Waals surface area (Å²) >= 11 is 0. The summed E-state index contributed by atoms with van der Waals surface area (Å²) in [4.78, 5) is 2.29. The Balaban J connectivity index is 1.92. The summed E-state index contributed by atoms with van der Waals surface area (Å²) in [6, 6.07) is 8.34. The molecule has 1 heterocycles. The zero-order valence-electron chi connectivity index (χ0n) is 12.0. The van der Waals surface area contributed by atoms with E-state index in [4.69, 9.17) is 4.74 Å². The zero-order chi connectivity index (χ0) is 13.7. The molecular formula is C16H25NO2. The van der Waals surface area contributed by atoms with Gasteiger partial charge in [0.1, 0.15) is 0 Å². The molecule has 106 valence electrons. The summed E-state index contributed by atoms with van der Waals surface area (Å²) in [7, 11) is 0. The summed E-state index contributed by atoms with van der Waals surface area (Å²) < 4.78 is 5.43. The third kappa shape index (κ3) is 4.30. The van der Waals surface area contributed by atoms with E-state index in [0.717, 1.165) is 38.3 Å². The summed E-state index contributed by atoms with van der Waals surface area (Å²) in [6.45, 7) is 8.62.